The summed E-state index contributed by atoms with van der Waals surface area (Å²) in [6.45, 7) is 8.86. The molecule has 1 aliphatic rings. The lowest BCUT2D eigenvalue weighted by atomic mass is 9.98. The van der Waals surface area contributed by atoms with E-state index >= 15 is 0 Å². The highest BCUT2D eigenvalue weighted by Gasteiger charge is 2.30. The van der Waals surface area contributed by atoms with Crippen molar-refractivity contribution in [3.63, 3.8) is 0 Å². The predicted octanol–water partition coefficient (Wildman–Crippen LogP) is 3.49. The zero-order chi connectivity index (χ0) is 17.3. The molecule has 0 aromatic carbocycles. The Morgan fingerprint density at radius 1 is 1.46 bits per heavy atom. The molecule has 0 spiro atoms. The molecule has 2 aromatic rings. The first-order valence-electron chi connectivity index (χ1n) is 8.29. The number of aromatic nitrogens is 3. The van der Waals surface area contributed by atoms with Crippen LogP contribution in [-0.4, -0.2) is 44.8 Å². The van der Waals surface area contributed by atoms with Crippen molar-refractivity contribution >= 4 is 6.09 Å². The van der Waals surface area contributed by atoms with Gasteiger partial charge in [0.15, 0.2) is 5.82 Å². The number of nitrogens with one attached hydrogen (secondary N) is 1. The summed E-state index contributed by atoms with van der Waals surface area (Å²) in [5.74, 6) is 1.19. The number of H-pyrrole nitrogens is 1. The fourth-order valence-electron chi connectivity index (χ4n) is 2.82. The summed E-state index contributed by atoms with van der Waals surface area (Å²) in [6.07, 6.45) is 3.44. The van der Waals surface area contributed by atoms with E-state index in [-0.39, 0.29) is 12.0 Å². The van der Waals surface area contributed by atoms with Crippen LogP contribution >= 0.6 is 0 Å². The Morgan fingerprint density at radius 2 is 2.25 bits per heavy atom. The molecule has 0 saturated carbocycles. The average molecular weight is 332 g/mol. The molecule has 0 aliphatic carbocycles. The van der Waals surface area contributed by atoms with Crippen molar-refractivity contribution in [2.24, 2.45) is 0 Å². The molecule has 1 fully saturated rings. The average Bonchev–Trinajstić information content (AvgIpc) is 3.14. The lowest BCUT2D eigenvalue weighted by Crippen LogP contribution is -2.42. The Balaban J connectivity index is 1.69. The third-order valence-corrected chi connectivity index (χ3v) is 3.94. The number of carbonyl (C=O) groups excluding carboxylic acids is 1. The molecule has 0 bridgehead atoms. The third-order valence-electron chi connectivity index (χ3n) is 3.94. The minimum Gasteiger partial charge on any atom is -0.444 e. The Kier molecular flexibility index (Phi) is 4.34. The summed E-state index contributed by atoms with van der Waals surface area (Å²) in [4.78, 5) is 21.6. The predicted molar refractivity (Wildman–Crippen MR) is 88.6 cm³/mol. The molecule has 7 heteroatoms. The number of hydrogen-bond donors (Lipinski definition) is 1. The van der Waals surface area contributed by atoms with E-state index in [1.807, 2.05) is 40.0 Å². The molecule has 2 aromatic heterocycles. The maximum Gasteiger partial charge on any atom is 0.410 e. The van der Waals surface area contributed by atoms with E-state index in [2.05, 4.69) is 15.1 Å². The molecule has 1 amide bonds. The first-order chi connectivity index (χ1) is 11.3. The maximum atomic E-state index is 12.3. The highest BCUT2D eigenvalue weighted by Crippen LogP contribution is 2.27. The summed E-state index contributed by atoms with van der Waals surface area (Å²) in [5.41, 5.74) is 1.43. The van der Waals surface area contributed by atoms with E-state index in [1.54, 1.807) is 4.90 Å². The number of hydrogen-bond acceptors (Lipinski definition) is 5. The molecule has 1 N–H and O–H groups in total. The van der Waals surface area contributed by atoms with Crippen LogP contribution in [0.1, 0.15) is 50.9 Å². The maximum absolute atomic E-state index is 12.3. The molecular weight excluding hydrogens is 308 g/mol. The summed E-state index contributed by atoms with van der Waals surface area (Å²) < 4.78 is 10.8. The lowest BCUT2D eigenvalue weighted by Gasteiger charge is -2.32. The van der Waals surface area contributed by atoms with E-state index in [4.69, 9.17) is 9.26 Å². The Morgan fingerprint density at radius 3 is 2.92 bits per heavy atom. The molecule has 24 heavy (non-hydrogen) atoms. The molecule has 0 radical (unpaired) electrons. The summed E-state index contributed by atoms with van der Waals surface area (Å²) in [5, 5.41) is 4.11. The van der Waals surface area contributed by atoms with Crippen LogP contribution in [0.5, 0.6) is 0 Å². The zero-order valence-corrected chi connectivity index (χ0v) is 14.6. The van der Waals surface area contributed by atoms with Gasteiger partial charge in [-0.3, -0.25) is 0 Å². The van der Waals surface area contributed by atoms with Crippen molar-refractivity contribution in [2.45, 2.75) is 52.1 Å². The number of ether oxygens (including phenoxy) is 1. The van der Waals surface area contributed by atoms with Crippen LogP contribution in [0.2, 0.25) is 0 Å². The van der Waals surface area contributed by atoms with Gasteiger partial charge in [0.2, 0.25) is 0 Å². The fraction of sp³-hybridized carbons (Fsp3) is 0.588. The van der Waals surface area contributed by atoms with Gasteiger partial charge < -0.3 is 19.1 Å². The molecular formula is C17H24N4O3. The number of aryl methyl sites for hydroxylation is 1. The van der Waals surface area contributed by atoms with Crippen LogP contribution < -0.4 is 0 Å². The fourth-order valence-corrected chi connectivity index (χ4v) is 2.82. The standard InChI is InChI=1S/C17H24N4O3/c1-11-8-13(18-9-11)15-19-14(20-24-15)12-6-5-7-21(10-12)16(22)23-17(2,3)4/h8-9,12,18H,5-7,10H2,1-4H3. The summed E-state index contributed by atoms with van der Waals surface area (Å²) >= 11 is 0. The number of amides is 1. The van der Waals surface area contributed by atoms with Gasteiger partial charge in [0.1, 0.15) is 11.3 Å². The van der Waals surface area contributed by atoms with E-state index in [9.17, 15) is 4.79 Å². The first kappa shape index (κ1) is 16.5. The number of aromatic amines is 1. The van der Waals surface area contributed by atoms with E-state index in [0.717, 1.165) is 24.1 Å². The highest BCUT2D eigenvalue weighted by atomic mass is 16.6. The van der Waals surface area contributed by atoms with Crippen molar-refractivity contribution in [3.8, 4) is 11.6 Å². The van der Waals surface area contributed by atoms with E-state index < -0.39 is 5.60 Å². The van der Waals surface area contributed by atoms with Crippen molar-refractivity contribution in [2.75, 3.05) is 13.1 Å². The molecule has 1 aliphatic heterocycles. The molecule has 130 valence electrons. The summed E-state index contributed by atoms with van der Waals surface area (Å²) in [6, 6.07) is 1.96. The summed E-state index contributed by atoms with van der Waals surface area (Å²) in [7, 11) is 0. The number of nitrogens with zero attached hydrogens (tertiary/aromatic N) is 3. The Hall–Kier alpha value is -2.31. The number of piperidine rings is 1. The van der Waals surface area contributed by atoms with Crippen molar-refractivity contribution in [1.82, 2.24) is 20.0 Å². The first-order valence-corrected chi connectivity index (χ1v) is 8.29. The van der Waals surface area contributed by atoms with Gasteiger partial charge in [-0.15, -0.1) is 0 Å². The van der Waals surface area contributed by atoms with Crippen molar-refractivity contribution in [1.29, 1.82) is 0 Å². The van der Waals surface area contributed by atoms with Crippen LogP contribution in [0.4, 0.5) is 4.79 Å². The quantitative estimate of drug-likeness (QED) is 0.910. The Labute approximate surface area is 141 Å². The van der Waals surface area contributed by atoms with Gasteiger partial charge >= 0.3 is 6.09 Å². The molecule has 1 atom stereocenters. The molecule has 1 saturated heterocycles. The van der Waals surface area contributed by atoms with Gasteiger partial charge in [0, 0.05) is 25.2 Å². The Bertz CT molecular complexity index is 713. The van der Waals surface area contributed by atoms with Crippen LogP contribution in [-0.2, 0) is 4.74 Å². The number of likely N-dealkylation sites (tertiary alicyclic amines) is 1. The monoisotopic (exact) mass is 332 g/mol. The molecule has 3 rings (SSSR count). The van der Waals surface area contributed by atoms with Crippen molar-refractivity contribution < 1.29 is 14.1 Å². The zero-order valence-electron chi connectivity index (χ0n) is 14.6. The minimum absolute atomic E-state index is 0.0693. The number of carbonyl (C=O) groups is 1. The van der Waals surface area contributed by atoms with E-state index in [1.165, 1.54) is 0 Å². The minimum atomic E-state index is -0.491. The van der Waals surface area contributed by atoms with Gasteiger partial charge in [-0.2, -0.15) is 4.98 Å². The smallest absolute Gasteiger partial charge is 0.410 e. The van der Waals surface area contributed by atoms with Gasteiger partial charge in [-0.25, -0.2) is 4.79 Å². The second-order valence-electron chi connectivity index (χ2n) is 7.31. The largest absolute Gasteiger partial charge is 0.444 e. The SMILES string of the molecule is Cc1c[nH]c(-c2nc(C3CCCN(C(=O)OC(C)(C)C)C3)no2)c1. The van der Waals surface area contributed by atoms with E-state index in [0.29, 0.717) is 24.8 Å². The second kappa shape index (κ2) is 6.30. The van der Waals surface area contributed by atoms with Crippen LogP contribution in [0.3, 0.4) is 0 Å². The molecule has 3 heterocycles. The van der Waals surface area contributed by atoms with Crippen LogP contribution in [0, 0.1) is 6.92 Å². The van der Waals surface area contributed by atoms with Gasteiger partial charge in [0.05, 0.1) is 0 Å². The molecule has 1 unspecified atom stereocenters. The lowest BCUT2D eigenvalue weighted by molar-refractivity contribution is 0.0195. The van der Waals surface area contributed by atoms with Crippen LogP contribution in [0.25, 0.3) is 11.6 Å². The number of rotatable bonds is 2. The topological polar surface area (TPSA) is 84.2 Å². The second-order valence-corrected chi connectivity index (χ2v) is 7.31. The van der Waals surface area contributed by atoms with Crippen molar-refractivity contribution in [3.05, 3.63) is 23.7 Å². The van der Waals surface area contributed by atoms with Gasteiger partial charge in [-0.05, 0) is 52.2 Å². The van der Waals surface area contributed by atoms with Crippen LogP contribution in [0.15, 0.2) is 16.8 Å². The highest BCUT2D eigenvalue weighted by molar-refractivity contribution is 5.68. The molecule has 7 nitrogen and oxygen atoms in total. The third kappa shape index (κ3) is 3.77. The van der Waals surface area contributed by atoms with Gasteiger partial charge in [-0.1, -0.05) is 5.16 Å². The van der Waals surface area contributed by atoms with Gasteiger partial charge in [0.25, 0.3) is 5.89 Å². The normalized spacial score (nSPS) is 18.7.